The van der Waals surface area contributed by atoms with Crippen molar-refractivity contribution in [2.45, 2.75) is 26.3 Å². The maximum atomic E-state index is 4.72. The minimum atomic E-state index is 0.0167. The molecule has 0 atom stereocenters. The van der Waals surface area contributed by atoms with Crippen LogP contribution in [0.15, 0.2) is 54.7 Å². The van der Waals surface area contributed by atoms with Crippen LogP contribution in [0.25, 0.3) is 22.0 Å². The Morgan fingerprint density at radius 1 is 0.895 bits per heavy atom. The average Bonchev–Trinajstić information content (AvgIpc) is 2.87. The van der Waals surface area contributed by atoms with Crippen molar-refractivity contribution in [3.8, 4) is 11.3 Å². The second-order valence-corrected chi connectivity index (χ2v) is 5.84. The summed E-state index contributed by atoms with van der Waals surface area (Å²) in [5.74, 6) is 0. The first-order valence-electron chi connectivity index (χ1n) is 6.60. The highest BCUT2D eigenvalue weighted by atomic mass is 15.3. The van der Waals surface area contributed by atoms with Gasteiger partial charge in [0.2, 0.25) is 0 Å². The van der Waals surface area contributed by atoms with E-state index >= 15 is 0 Å². The Hall–Kier alpha value is -2.09. The first-order chi connectivity index (χ1) is 9.05. The molecule has 0 aliphatic heterocycles. The smallest absolute Gasteiger partial charge is 0.0929 e. The largest absolute Gasteiger partial charge is 0.267 e. The number of hydrogen-bond acceptors (Lipinski definition) is 1. The summed E-state index contributed by atoms with van der Waals surface area (Å²) < 4.78 is 2.02. The highest BCUT2D eigenvalue weighted by molar-refractivity contribution is 5.95. The zero-order chi connectivity index (χ0) is 13.5. The van der Waals surface area contributed by atoms with E-state index in [0.29, 0.717) is 0 Å². The van der Waals surface area contributed by atoms with Gasteiger partial charge in [-0.3, -0.25) is 4.68 Å². The summed E-state index contributed by atoms with van der Waals surface area (Å²) in [6.45, 7) is 6.48. The quantitative estimate of drug-likeness (QED) is 0.623. The molecule has 0 aliphatic rings. The van der Waals surface area contributed by atoms with Gasteiger partial charge in [-0.05, 0) is 37.6 Å². The Labute approximate surface area is 113 Å². The van der Waals surface area contributed by atoms with Gasteiger partial charge in [0.25, 0.3) is 0 Å². The fraction of sp³-hybridized carbons (Fsp3) is 0.235. The van der Waals surface area contributed by atoms with Crippen LogP contribution in [0.2, 0.25) is 0 Å². The van der Waals surface area contributed by atoms with Crippen LogP contribution in [-0.4, -0.2) is 9.78 Å². The van der Waals surface area contributed by atoms with Crippen molar-refractivity contribution in [2.24, 2.45) is 0 Å². The Kier molecular flexibility index (Phi) is 2.67. The lowest BCUT2D eigenvalue weighted by Gasteiger charge is -2.18. The zero-order valence-electron chi connectivity index (χ0n) is 11.6. The molecular formula is C17H18N2. The van der Waals surface area contributed by atoms with Crippen molar-refractivity contribution in [2.75, 3.05) is 0 Å². The van der Waals surface area contributed by atoms with Crippen LogP contribution < -0.4 is 0 Å². The zero-order valence-corrected chi connectivity index (χ0v) is 11.6. The molecule has 3 rings (SSSR count). The van der Waals surface area contributed by atoms with E-state index in [0.717, 1.165) is 5.69 Å². The van der Waals surface area contributed by atoms with E-state index in [2.05, 4.69) is 75.5 Å². The maximum Gasteiger partial charge on any atom is 0.0929 e. The second-order valence-electron chi connectivity index (χ2n) is 5.84. The number of nitrogens with zero attached hydrogens (tertiary/aromatic N) is 2. The summed E-state index contributed by atoms with van der Waals surface area (Å²) in [6.07, 6.45) is 2.05. The molecule has 2 aromatic carbocycles. The number of aromatic nitrogens is 2. The molecule has 0 aliphatic carbocycles. The van der Waals surface area contributed by atoms with E-state index in [4.69, 9.17) is 5.10 Å². The van der Waals surface area contributed by atoms with Crippen LogP contribution in [0.5, 0.6) is 0 Å². The standard InChI is InChI=1S/C17H18N2/c1-17(2,3)19-12-11-16(18-19)15-10-6-8-13-7-4-5-9-14(13)15/h4-12H,1-3H3. The minimum absolute atomic E-state index is 0.0167. The van der Waals surface area contributed by atoms with Crippen LogP contribution in [0.4, 0.5) is 0 Å². The van der Waals surface area contributed by atoms with Crippen molar-refractivity contribution in [1.29, 1.82) is 0 Å². The van der Waals surface area contributed by atoms with Crippen molar-refractivity contribution in [3.63, 3.8) is 0 Å². The third-order valence-electron chi connectivity index (χ3n) is 3.34. The monoisotopic (exact) mass is 250 g/mol. The third-order valence-corrected chi connectivity index (χ3v) is 3.34. The molecule has 96 valence electrons. The van der Waals surface area contributed by atoms with E-state index < -0.39 is 0 Å². The normalized spacial score (nSPS) is 11.9. The summed E-state index contributed by atoms with van der Waals surface area (Å²) in [5, 5.41) is 7.23. The lowest BCUT2D eigenvalue weighted by Crippen LogP contribution is -2.22. The van der Waals surface area contributed by atoms with Crippen LogP contribution in [-0.2, 0) is 5.54 Å². The van der Waals surface area contributed by atoms with Gasteiger partial charge in [0.15, 0.2) is 0 Å². The molecule has 0 bridgehead atoms. The average molecular weight is 250 g/mol. The van der Waals surface area contributed by atoms with Crippen LogP contribution in [0.3, 0.4) is 0 Å². The van der Waals surface area contributed by atoms with Gasteiger partial charge in [-0.1, -0.05) is 42.5 Å². The molecule has 2 nitrogen and oxygen atoms in total. The molecule has 3 aromatic rings. The Bertz CT molecular complexity index is 712. The van der Waals surface area contributed by atoms with Gasteiger partial charge in [0.1, 0.15) is 0 Å². The molecule has 0 N–H and O–H groups in total. The van der Waals surface area contributed by atoms with E-state index in [1.807, 2.05) is 4.68 Å². The van der Waals surface area contributed by atoms with Crippen molar-refractivity contribution >= 4 is 10.8 Å². The van der Waals surface area contributed by atoms with Gasteiger partial charge in [0, 0.05) is 11.8 Å². The number of fused-ring (bicyclic) bond motifs is 1. The molecule has 0 spiro atoms. The molecule has 0 unspecified atom stereocenters. The first kappa shape index (κ1) is 12.0. The van der Waals surface area contributed by atoms with Gasteiger partial charge in [-0.2, -0.15) is 5.10 Å². The maximum absolute atomic E-state index is 4.72. The predicted octanol–water partition coefficient (Wildman–Crippen LogP) is 4.46. The molecule has 1 heterocycles. The minimum Gasteiger partial charge on any atom is -0.267 e. The molecule has 2 heteroatoms. The lowest BCUT2D eigenvalue weighted by molar-refractivity contribution is 0.356. The first-order valence-corrected chi connectivity index (χ1v) is 6.60. The highest BCUT2D eigenvalue weighted by Crippen LogP contribution is 2.28. The van der Waals surface area contributed by atoms with Crippen LogP contribution in [0, 0.1) is 0 Å². The molecule has 0 saturated heterocycles. The molecule has 0 saturated carbocycles. The number of hydrogen-bond donors (Lipinski definition) is 0. The summed E-state index contributed by atoms with van der Waals surface area (Å²) in [5.41, 5.74) is 2.25. The van der Waals surface area contributed by atoms with E-state index in [1.165, 1.54) is 16.3 Å². The summed E-state index contributed by atoms with van der Waals surface area (Å²) in [7, 11) is 0. The molecule has 1 aromatic heterocycles. The molecule has 0 radical (unpaired) electrons. The van der Waals surface area contributed by atoms with Crippen LogP contribution >= 0.6 is 0 Å². The van der Waals surface area contributed by atoms with Gasteiger partial charge >= 0.3 is 0 Å². The summed E-state index contributed by atoms with van der Waals surface area (Å²) >= 11 is 0. The third kappa shape index (κ3) is 2.14. The van der Waals surface area contributed by atoms with Gasteiger partial charge in [-0.25, -0.2) is 0 Å². The van der Waals surface area contributed by atoms with E-state index in [9.17, 15) is 0 Å². The molecule has 0 fully saturated rings. The van der Waals surface area contributed by atoms with E-state index in [-0.39, 0.29) is 5.54 Å². The Morgan fingerprint density at radius 2 is 1.63 bits per heavy atom. The topological polar surface area (TPSA) is 17.8 Å². The Morgan fingerprint density at radius 3 is 2.37 bits per heavy atom. The van der Waals surface area contributed by atoms with Crippen molar-refractivity contribution < 1.29 is 0 Å². The summed E-state index contributed by atoms with van der Waals surface area (Å²) in [4.78, 5) is 0. The SMILES string of the molecule is CC(C)(C)n1ccc(-c2cccc3ccccc23)n1. The van der Waals surface area contributed by atoms with Gasteiger partial charge in [-0.15, -0.1) is 0 Å². The second kappa shape index (κ2) is 4.23. The van der Waals surface area contributed by atoms with Crippen molar-refractivity contribution in [1.82, 2.24) is 9.78 Å². The highest BCUT2D eigenvalue weighted by Gasteiger charge is 2.15. The number of benzene rings is 2. The molecular weight excluding hydrogens is 232 g/mol. The molecule has 0 amide bonds. The summed E-state index contributed by atoms with van der Waals surface area (Å²) in [6, 6.07) is 16.9. The fourth-order valence-corrected chi connectivity index (χ4v) is 2.29. The van der Waals surface area contributed by atoms with Crippen LogP contribution in [0.1, 0.15) is 20.8 Å². The van der Waals surface area contributed by atoms with Crippen molar-refractivity contribution in [3.05, 3.63) is 54.7 Å². The predicted molar refractivity (Wildman–Crippen MR) is 80.2 cm³/mol. The lowest BCUT2D eigenvalue weighted by atomic mass is 10.0. The fourth-order valence-electron chi connectivity index (χ4n) is 2.29. The van der Waals surface area contributed by atoms with Gasteiger partial charge < -0.3 is 0 Å². The van der Waals surface area contributed by atoms with Gasteiger partial charge in [0.05, 0.1) is 11.2 Å². The van der Waals surface area contributed by atoms with E-state index in [1.54, 1.807) is 0 Å². The Balaban J connectivity index is 2.17. The number of rotatable bonds is 1. The molecule has 19 heavy (non-hydrogen) atoms.